The standard InChI is InChI=1S/C14H23N3/c1-14(2)10-13(11-16-14)17(3)9-7-12-6-4-5-8-15-12/h4-6,8,13,16H,7,9-11H2,1-3H3. The van der Waals surface area contributed by atoms with E-state index < -0.39 is 0 Å². The van der Waals surface area contributed by atoms with E-state index in [1.54, 1.807) is 0 Å². The Balaban J connectivity index is 1.80. The molecule has 0 amide bonds. The molecule has 0 bridgehead atoms. The third-order valence-corrected chi connectivity index (χ3v) is 3.63. The zero-order valence-electron chi connectivity index (χ0n) is 11.1. The number of likely N-dealkylation sites (N-methyl/N-ethyl adjacent to an activating group) is 1. The van der Waals surface area contributed by atoms with Crippen molar-refractivity contribution < 1.29 is 0 Å². The van der Waals surface area contributed by atoms with E-state index in [2.05, 4.69) is 48.2 Å². The summed E-state index contributed by atoms with van der Waals surface area (Å²) in [6.45, 7) is 6.74. The van der Waals surface area contributed by atoms with Crippen LogP contribution in [-0.4, -0.2) is 41.6 Å². The van der Waals surface area contributed by atoms with Gasteiger partial charge in [-0.05, 0) is 39.4 Å². The first-order valence-corrected chi connectivity index (χ1v) is 6.42. The Bertz CT molecular complexity index is 348. The fourth-order valence-corrected chi connectivity index (χ4v) is 2.46. The Labute approximate surface area is 104 Å². The highest BCUT2D eigenvalue weighted by atomic mass is 15.2. The van der Waals surface area contributed by atoms with Gasteiger partial charge in [0.1, 0.15) is 0 Å². The number of hydrogen-bond donors (Lipinski definition) is 1. The summed E-state index contributed by atoms with van der Waals surface area (Å²) in [7, 11) is 2.22. The van der Waals surface area contributed by atoms with Crippen LogP contribution in [0.15, 0.2) is 24.4 Å². The van der Waals surface area contributed by atoms with Crippen molar-refractivity contribution in [2.75, 3.05) is 20.1 Å². The fourth-order valence-electron chi connectivity index (χ4n) is 2.46. The molecule has 1 aliphatic heterocycles. The molecule has 1 saturated heterocycles. The Morgan fingerprint density at radius 3 is 2.88 bits per heavy atom. The lowest BCUT2D eigenvalue weighted by Crippen LogP contribution is -2.34. The highest BCUT2D eigenvalue weighted by molar-refractivity contribution is 5.04. The smallest absolute Gasteiger partial charge is 0.0416 e. The first-order valence-electron chi connectivity index (χ1n) is 6.42. The summed E-state index contributed by atoms with van der Waals surface area (Å²) in [5, 5.41) is 3.57. The number of pyridine rings is 1. The first kappa shape index (κ1) is 12.5. The van der Waals surface area contributed by atoms with Crippen LogP contribution in [0.5, 0.6) is 0 Å². The van der Waals surface area contributed by atoms with Crippen molar-refractivity contribution in [1.82, 2.24) is 15.2 Å². The summed E-state index contributed by atoms with van der Waals surface area (Å²) >= 11 is 0. The highest BCUT2D eigenvalue weighted by Gasteiger charge is 2.32. The van der Waals surface area contributed by atoms with Crippen LogP contribution in [0.4, 0.5) is 0 Å². The van der Waals surface area contributed by atoms with Crippen LogP contribution in [0.1, 0.15) is 26.0 Å². The first-order chi connectivity index (χ1) is 8.07. The molecule has 0 aliphatic carbocycles. The molecule has 2 rings (SSSR count). The van der Waals surface area contributed by atoms with Gasteiger partial charge in [0, 0.05) is 43.0 Å². The predicted molar refractivity (Wildman–Crippen MR) is 71.1 cm³/mol. The molecular weight excluding hydrogens is 210 g/mol. The molecule has 0 spiro atoms. The molecular formula is C14H23N3. The lowest BCUT2D eigenvalue weighted by atomic mass is 10.0. The Kier molecular flexibility index (Phi) is 3.79. The molecule has 94 valence electrons. The van der Waals surface area contributed by atoms with Crippen molar-refractivity contribution in [2.24, 2.45) is 0 Å². The Morgan fingerprint density at radius 1 is 1.47 bits per heavy atom. The quantitative estimate of drug-likeness (QED) is 0.858. The summed E-state index contributed by atoms with van der Waals surface area (Å²) in [4.78, 5) is 6.82. The highest BCUT2D eigenvalue weighted by Crippen LogP contribution is 2.21. The second-order valence-corrected chi connectivity index (χ2v) is 5.67. The molecule has 17 heavy (non-hydrogen) atoms. The van der Waals surface area contributed by atoms with Crippen LogP contribution in [0, 0.1) is 0 Å². The molecule has 2 heterocycles. The van der Waals surface area contributed by atoms with Crippen LogP contribution in [0.2, 0.25) is 0 Å². The molecule has 3 nitrogen and oxygen atoms in total. The van der Waals surface area contributed by atoms with E-state index in [0.717, 1.165) is 19.5 Å². The van der Waals surface area contributed by atoms with E-state index in [9.17, 15) is 0 Å². The molecule has 1 N–H and O–H groups in total. The van der Waals surface area contributed by atoms with Gasteiger partial charge in [0.05, 0.1) is 0 Å². The van der Waals surface area contributed by atoms with Crippen molar-refractivity contribution in [3.8, 4) is 0 Å². The van der Waals surface area contributed by atoms with Crippen molar-refractivity contribution in [2.45, 2.75) is 38.3 Å². The SMILES string of the molecule is CN(CCc1ccccn1)C1CNC(C)(C)C1. The number of hydrogen-bond acceptors (Lipinski definition) is 3. The van der Waals surface area contributed by atoms with Gasteiger partial charge in [0.2, 0.25) is 0 Å². The van der Waals surface area contributed by atoms with Crippen molar-refractivity contribution in [1.29, 1.82) is 0 Å². The van der Waals surface area contributed by atoms with Gasteiger partial charge in [0.15, 0.2) is 0 Å². The zero-order valence-corrected chi connectivity index (χ0v) is 11.1. The van der Waals surface area contributed by atoms with Crippen LogP contribution < -0.4 is 5.32 Å². The molecule has 1 aromatic heterocycles. The van der Waals surface area contributed by atoms with E-state index in [1.165, 1.54) is 12.1 Å². The Hall–Kier alpha value is -0.930. The average Bonchev–Trinajstić information content (AvgIpc) is 2.68. The molecule has 1 aliphatic rings. The maximum Gasteiger partial charge on any atom is 0.0416 e. The molecule has 1 unspecified atom stereocenters. The largest absolute Gasteiger partial charge is 0.310 e. The van der Waals surface area contributed by atoms with E-state index in [0.29, 0.717) is 11.6 Å². The van der Waals surface area contributed by atoms with E-state index in [4.69, 9.17) is 0 Å². The van der Waals surface area contributed by atoms with Gasteiger partial charge in [-0.1, -0.05) is 6.07 Å². The van der Waals surface area contributed by atoms with E-state index >= 15 is 0 Å². The van der Waals surface area contributed by atoms with Crippen LogP contribution in [0.3, 0.4) is 0 Å². The zero-order chi connectivity index (χ0) is 12.3. The minimum atomic E-state index is 0.296. The van der Waals surface area contributed by atoms with Gasteiger partial charge in [0.25, 0.3) is 0 Å². The minimum absolute atomic E-state index is 0.296. The van der Waals surface area contributed by atoms with Crippen molar-refractivity contribution in [3.63, 3.8) is 0 Å². The second kappa shape index (κ2) is 5.15. The van der Waals surface area contributed by atoms with Crippen LogP contribution in [0.25, 0.3) is 0 Å². The van der Waals surface area contributed by atoms with Gasteiger partial charge >= 0.3 is 0 Å². The maximum absolute atomic E-state index is 4.36. The van der Waals surface area contributed by atoms with Gasteiger partial charge < -0.3 is 10.2 Å². The molecule has 3 heteroatoms. The third-order valence-electron chi connectivity index (χ3n) is 3.63. The predicted octanol–water partition coefficient (Wildman–Crippen LogP) is 1.70. The molecule has 1 atom stereocenters. The summed E-state index contributed by atoms with van der Waals surface area (Å²) in [6, 6.07) is 6.79. The fraction of sp³-hybridized carbons (Fsp3) is 0.643. The lowest BCUT2D eigenvalue weighted by Gasteiger charge is -2.24. The average molecular weight is 233 g/mol. The topological polar surface area (TPSA) is 28.2 Å². The monoisotopic (exact) mass is 233 g/mol. The van der Waals surface area contributed by atoms with Gasteiger partial charge in [-0.25, -0.2) is 0 Å². The van der Waals surface area contributed by atoms with Crippen LogP contribution in [-0.2, 0) is 6.42 Å². The van der Waals surface area contributed by atoms with E-state index in [-0.39, 0.29) is 0 Å². The normalized spacial score (nSPS) is 23.2. The lowest BCUT2D eigenvalue weighted by molar-refractivity contribution is 0.250. The second-order valence-electron chi connectivity index (χ2n) is 5.67. The molecule has 0 saturated carbocycles. The summed E-state index contributed by atoms with van der Waals surface area (Å²) < 4.78 is 0. The third kappa shape index (κ3) is 3.51. The molecule has 1 aromatic rings. The van der Waals surface area contributed by atoms with Crippen LogP contribution >= 0.6 is 0 Å². The number of rotatable bonds is 4. The van der Waals surface area contributed by atoms with Crippen molar-refractivity contribution in [3.05, 3.63) is 30.1 Å². The maximum atomic E-state index is 4.36. The van der Waals surface area contributed by atoms with E-state index in [1.807, 2.05) is 12.3 Å². The minimum Gasteiger partial charge on any atom is -0.310 e. The number of aromatic nitrogens is 1. The Morgan fingerprint density at radius 2 is 2.29 bits per heavy atom. The van der Waals surface area contributed by atoms with Crippen molar-refractivity contribution >= 4 is 0 Å². The number of nitrogens with one attached hydrogen (secondary N) is 1. The van der Waals surface area contributed by atoms with Gasteiger partial charge in [-0.3, -0.25) is 4.98 Å². The molecule has 0 radical (unpaired) electrons. The molecule has 0 aromatic carbocycles. The summed E-state index contributed by atoms with van der Waals surface area (Å²) in [5.41, 5.74) is 1.48. The summed E-state index contributed by atoms with van der Waals surface area (Å²) in [6.07, 6.45) is 4.13. The number of nitrogens with zero attached hydrogens (tertiary/aromatic N) is 2. The van der Waals surface area contributed by atoms with Gasteiger partial charge in [-0.15, -0.1) is 0 Å². The summed E-state index contributed by atoms with van der Waals surface area (Å²) in [5.74, 6) is 0. The molecule has 1 fully saturated rings. The van der Waals surface area contributed by atoms with Gasteiger partial charge in [-0.2, -0.15) is 0 Å².